The number of anilines is 1. The van der Waals surface area contributed by atoms with Crippen LogP contribution in [0.25, 0.3) is 0 Å². The maximum atomic E-state index is 13.3. The number of piperidine rings is 1. The van der Waals surface area contributed by atoms with Gasteiger partial charge in [0.1, 0.15) is 4.90 Å². The number of nitrogens with zero attached hydrogens (tertiary/aromatic N) is 1. The number of carbonyl (C=O) groups excluding carboxylic acids is 1. The Hall–Kier alpha value is -1.64. The molecule has 0 spiro atoms. The first kappa shape index (κ1) is 22.6. The van der Waals surface area contributed by atoms with Crippen LogP contribution in [0.2, 0.25) is 0 Å². The lowest BCUT2D eigenvalue weighted by molar-refractivity contribution is 0.0737. The number of benzene rings is 1. The third-order valence-corrected chi connectivity index (χ3v) is 10.0. The Morgan fingerprint density at radius 2 is 1.84 bits per heavy atom. The van der Waals surface area contributed by atoms with Gasteiger partial charge in [-0.05, 0) is 67.1 Å². The number of hydrogen-bond donors (Lipinski definition) is 3. The van der Waals surface area contributed by atoms with Crippen molar-refractivity contribution in [2.75, 3.05) is 25.5 Å². The third kappa shape index (κ3) is 3.76. The molecule has 3 fully saturated rings. The van der Waals surface area contributed by atoms with Crippen LogP contribution in [-0.2, 0) is 10.0 Å². The minimum Gasteiger partial charge on any atom is -0.393 e. The summed E-state index contributed by atoms with van der Waals surface area (Å²) in [6.45, 7) is 7.28. The number of amides is 1. The molecule has 2 aliphatic carbocycles. The van der Waals surface area contributed by atoms with Gasteiger partial charge in [0.2, 0.25) is 10.0 Å². The molecule has 7 nitrogen and oxygen atoms in total. The summed E-state index contributed by atoms with van der Waals surface area (Å²) in [7, 11) is -2.10. The molecule has 3 atom stereocenters. The van der Waals surface area contributed by atoms with Crippen LogP contribution in [0.5, 0.6) is 0 Å². The van der Waals surface area contributed by atoms with Crippen molar-refractivity contribution in [3.63, 3.8) is 0 Å². The molecule has 2 bridgehead atoms. The van der Waals surface area contributed by atoms with E-state index in [1.165, 1.54) is 16.8 Å². The first-order valence-corrected chi connectivity index (χ1v) is 12.7. The summed E-state index contributed by atoms with van der Waals surface area (Å²) in [5.41, 5.74) is 0.946. The zero-order valence-electron chi connectivity index (χ0n) is 18.9. The van der Waals surface area contributed by atoms with E-state index in [2.05, 4.69) is 31.4 Å². The summed E-state index contributed by atoms with van der Waals surface area (Å²) in [4.78, 5) is 13.3. The average Bonchev–Trinajstić information content (AvgIpc) is 3.22. The molecular weight excluding hydrogens is 414 g/mol. The van der Waals surface area contributed by atoms with Crippen molar-refractivity contribution in [2.45, 2.75) is 69.9 Å². The van der Waals surface area contributed by atoms with Crippen molar-refractivity contribution in [1.82, 2.24) is 9.62 Å². The van der Waals surface area contributed by atoms with E-state index in [9.17, 15) is 18.3 Å². The van der Waals surface area contributed by atoms with Crippen LogP contribution in [0.1, 0.15) is 63.2 Å². The second-order valence-corrected chi connectivity index (χ2v) is 12.3. The maximum absolute atomic E-state index is 13.3. The molecule has 3 N–H and O–H groups in total. The predicted octanol–water partition coefficient (Wildman–Crippen LogP) is 2.82. The van der Waals surface area contributed by atoms with Crippen LogP contribution in [0.3, 0.4) is 0 Å². The van der Waals surface area contributed by atoms with Gasteiger partial charge in [-0.2, -0.15) is 4.31 Å². The van der Waals surface area contributed by atoms with Crippen molar-refractivity contribution in [2.24, 2.45) is 16.7 Å². The highest BCUT2D eigenvalue weighted by atomic mass is 32.2. The number of fused-ring (bicyclic) bond motifs is 2. The molecule has 1 saturated heterocycles. The molecule has 172 valence electrons. The van der Waals surface area contributed by atoms with Gasteiger partial charge in [0.05, 0.1) is 11.8 Å². The third-order valence-electron chi connectivity index (χ3n) is 8.10. The quantitative estimate of drug-likeness (QED) is 0.642. The van der Waals surface area contributed by atoms with Gasteiger partial charge in [-0.25, -0.2) is 8.42 Å². The highest BCUT2D eigenvalue weighted by molar-refractivity contribution is 7.89. The van der Waals surface area contributed by atoms with Crippen LogP contribution < -0.4 is 10.6 Å². The van der Waals surface area contributed by atoms with E-state index in [0.717, 1.165) is 12.8 Å². The molecule has 3 aliphatic rings. The molecule has 0 aromatic heterocycles. The first-order valence-electron chi connectivity index (χ1n) is 11.3. The van der Waals surface area contributed by atoms with Gasteiger partial charge in [-0.15, -0.1) is 0 Å². The van der Waals surface area contributed by atoms with E-state index in [-0.39, 0.29) is 40.8 Å². The second kappa shape index (κ2) is 7.74. The summed E-state index contributed by atoms with van der Waals surface area (Å²) in [6, 6.07) is 4.90. The minimum atomic E-state index is -3.78. The van der Waals surface area contributed by atoms with Crippen molar-refractivity contribution in [3.05, 3.63) is 23.8 Å². The lowest BCUT2D eigenvalue weighted by Crippen LogP contribution is -2.52. The number of aliphatic hydroxyl groups excluding tert-OH is 1. The van der Waals surface area contributed by atoms with Crippen LogP contribution in [0.4, 0.5) is 5.69 Å². The standard InChI is InChI=1S/C23H35N3O4S/c1-22(2)16-7-10-23(3,14-16)21(22)25-20(28)15-5-6-18(24-4)19(13-15)31(29,30)26-11-8-17(27)9-12-26/h5-6,13,16-17,21,24,27H,7-12,14H2,1-4H3,(H,25,28)/t16-,21?,23+/m1/s1. The van der Waals surface area contributed by atoms with Crippen LogP contribution in [0, 0.1) is 16.7 Å². The lowest BCUT2D eigenvalue weighted by atomic mass is 9.68. The van der Waals surface area contributed by atoms with Gasteiger partial charge in [0.25, 0.3) is 5.91 Å². The van der Waals surface area contributed by atoms with E-state index < -0.39 is 16.1 Å². The molecule has 1 aromatic carbocycles. The smallest absolute Gasteiger partial charge is 0.251 e. The summed E-state index contributed by atoms with van der Waals surface area (Å²) >= 11 is 0. The largest absolute Gasteiger partial charge is 0.393 e. The molecule has 1 aliphatic heterocycles. The Kier molecular flexibility index (Phi) is 5.63. The minimum absolute atomic E-state index is 0.0249. The Morgan fingerprint density at radius 3 is 2.42 bits per heavy atom. The molecule has 0 radical (unpaired) electrons. The number of sulfonamides is 1. The van der Waals surface area contributed by atoms with E-state index in [1.807, 2.05) is 0 Å². The molecule has 1 amide bonds. The second-order valence-electron chi connectivity index (χ2n) is 10.4. The van der Waals surface area contributed by atoms with Gasteiger partial charge in [0.15, 0.2) is 0 Å². The number of hydrogen-bond acceptors (Lipinski definition) is 5. The van der Waals surface area contributed by atoms with Gasteiger partial charge in [-0.1, -0.05) is 20.8 Å². The molecular formula is C23H35N3O4S. The van der Waals surface area contributed by atoms with Gasteiger partial charge in [-0.3, -0.25) is 4.79 Å². The average molecular weight is 450 g/mol. The van der Waals surface area contributed by atoms with Crippen molar-refractivity contribution in [3.8, 4) is 0 Å². The Bertz CT molecular complexity index is 964. The van der Waals surface area contributed by atoms with Gasteiger partial charge < -0.3 is 15.7 Å². The first-order chi connectivity index (χ1) is 14.5. The molecule has 31 heavy (non-hydrogen) atoms. The van der Waals surface area contributed by atoms with Crippen LogP contribution >= 0.6 is 0 Å². The Balaban J connectivity index is 1.61. The van der Waals surface area contributed by atoms with E-state index in [4.69, 9.17) is 0 Å². The fourth-order valence-electron chi connectivity index (χ4n) is 6.18. The summed E-state index contributed by atoms with van der Waals surface area (Å²) in [5.74, 6) is 0.389. The number of rotatable bonds is 5. The molecule has 1 unspecified atom stereocenters. The molecule has 4 rings (SSSR count). The van der Waals surface area contributed by atoms with E-state index in [0.29, 0.717) is 30.0 Å². The SMILES string of the molecule is CNc1ccc(C(=O)NC2C(C)(C)[C@@H]3CC[C@@]2(C)C3)cc1S(=O)(=O)N1CCC(O)CC1. The topological polar surface area (TPSA) is 98.7 Å². The normalized spacial score (nSPS) is 31.0. The fraction of sp³-hybridized carbons (Fsp3) is 0.696. The summed E-state index contributed by atoms with van der Waals surface area (Å²) in [6.07, 6.45) is 3.84. The van der Waals surface area contributed by atoms with Crippen molar-refractivity contribution >= 4 is 21.6 Å². The zero-order valence-corrected chi connectivity index (χ0v) is 19.8. The van der Waals surface area contributed by atoms with Crippen LogP contribution in [0.15, 0.2) is 23.1 Å². The fourth-order valence-corrected chi connectivity index (χ4v) is 7.88. The van der Waals surface area contributed by atoms with E-state index in [1.54, 1.807) is 19.2 Å². The maximum Gasteiger partial charge on any atom is 0.251 e. The highest BCUT2D eigenvalue weighted by Gasteiger charge is 2.59. The van der Waals surface area contributed by atoms with Crippen molar-refractivity contribution < 1.29 is 18.3 Å². The van der Waals surface area contributed by atoms with E-state index >= 15 is 0 Å². The number of carbonyl (C=O) groups is 1. The Morgan fingerprint density at radius 1 is 1.16 bits per heavy atom. The molecule has 1 heterocycles. The predicted molar refractivity (Wildman–Crippen MR) is 120 cm³/mol. The van der Waals surface area contributed by atoms with Crippen molar-refractivity contribution in [1.29, 1.82) is 0 Å². The van der Waals surface area contributed by atoms with Gasteiger partial charge >= 0.3 is 0 Å². The number of nitrogens with one attached hydrogen (secondary N) is 2. The lowest BCUT2D eigenvalue weighted by Gasteiger charge is -2.43. The molecule has 2 saturated carbocycles. The van der Waals surface area contributed by atoms with Gasteiger partial charge in [0, 0.05) is 31.7 Å². The molecule has 1 aromatic rings. The summed E-state index contributed by atoms with van der Waals surface area (Å²) in [5, 5.41) is 15.9. The molecule has 8 heteroatoms. The summed E-state index contributed by atoms with van der Waals surface area (Å²) < 4.78 is 28.0. The zero-order chi connectivity index (χ0) is 22.6. The number of aliphatic hydroxyl groups is 1. The highest BCUT2D eigenvalue weighted by Crippen LogP contribution is 2.62. The Labute approximate surface area is 185 Å². The van der Waals surface area contributed by atoms with Crippen LogP contribution in [-0.4, -0.2) is 56.0 Å². The monoisotopic (exact) mass is 449 g/mol.